The van der Waals surface area contributed by atoms with Crippen LogP contribution in [0.1, 0.15) is 18.4 Å². The lowest BCUT2D eigenvalue weighted by Crippen LogP contribution is -2.14. The van der Waals surface area contributed by atoms with Gasteiger partial charge in [-0.2, -0.15) is 0 Å². The van der Waals surface area contributed by atoms with Gasteiger partial charge >= 0.3 is 5.97 Å². The second kappa shape index (κ2) is 5.87. The fourth-order valence-electron chi connectivity index (χ4n) is 1.72. The van der Waals surface area contributed by atoms with Crippen molar-refractivity contribution >= 4 is 22.8 Å². The minimum atomic E-state index is -0.283. The van der Waals surface area contributed by atoms with Crippen LogP contribution in [0.2, 0.25) is 0 Å². The van der Waals surface area contributed by atoms with Crippen LogP contribution in [0.25, 0.3) is 0 Å². The number of rotatable bonds is 4. The number of ether oxygens (including phenoxy) is 1. The topological polar surface area (TPSA) is 43.4 Å². The van der Waals surface area contributed by atoms with Crippen molar-refractivity contribution in [3.63, 3.8) is 0 Å². The smallest absolute Gasteiger partial charge is 0.306 e. The van der Waals surface area contributed by atoms with Crippen LogP contribution in [-0.4, -0.2) is 16.8 Å². The first-order valence-electron chi connectivity index (χ1n) is 5.62. The van der Waals surface area contributed by atoms with E-state index >= 15 is 0 Å². The standard InChI is InChI=1S/C13H14O3S/c14-12(8-11-6-7-17-13(11)15)16-9-10-4-2-1-3-5-10/h1-5,11H,6-9H2. The number of thioether (sulfide) groups is 1. The van der Waals surface area contributed by atoms with Crippen LogP contribution in [0.5, 0.6) is 0 Å². The van der Waals surface area contributed by atoms with Gasteiger partial charge in [-0.1, -0.05) is 42.1 Å². The molecule has 1 aromatic carbocycles. The predicted octanol–water partition coefficient (Wildman–Crippen LogP) is 2.40. The Hall–Kier alpha value is -1.29. The molecule has 1 fully saturated rings. The summed E-state index contributed by atoms with van der Waals surface area (Å²) in [7, 11) is 0. The lowest BCUT2D eigenvalue weighted by molar-refractivity contribution is -0.147. The molecule has 1 aliphatic rings. The van der Waals surface area contributed by atoms with Crippen LogP contribution in [0.3, 0.4) is 0 Å². The number of hydrogen-bond donors (Lipinski definition) is 0. The van der Waals surface area contributed by atoms with Crippen LogP contribution >= 0.6 is 11.8 Å². The van der Waals surface area contributed by atoms with Crippen LogP contribution in [-0.2, 0) is 20.9 Å². The van der Waals surface area contributed by atoms with Gasteiger partial charge in [-0.3, -0.25) is 9.59 Å². The third-order valence-corrected chi connectivity index (χ3v) is 3.76. The van der Waals surface area contributed by atoms with Gasteiger partial charge in [0.05, 0.1) is 6.42 Å². The first-order chi connectivity index (χ1) is 8.25. The van der Waals surface area contributed by atoms with Gasteiger partial charge in [-0.15, -0.1) is 0 Å². The van der Waals surface area contributed by atoms with Crippen molar-refractivity contribution in [2.45, 2.75) is 19.4 Å². The van der Waals surface area contributed by atoms with Crippen molar-refractivity contribution in [1.82, 2.24) is 0 Å². The number of hydrogen-bond acceptors (Lipinski definition) is 4. The van der Waals surface area contributed by atoms with Gasteiger partial charge in [0.25, 0.3) is 0 Å². The normalized spacial score (nSPS) is 19.3. The Balaban J connectivity index is 1.76. The largest absolute Gasteiger partial charge is 0.461 e. The molecule has 0 saturated carbocycles. The summed E-state index contributed by atoms with van der Waals surface area (Å²) in [5, 5.41) is 0.127. The highest BCUT2D eigenvalue weighted by Gasteiger charge is 2.28. The third kappa shape index (κ3) is 3.60. The molecule has 90 valence electrons. The molecule has 1 aliphatic heterocycles. The quantitative estimate of drug-likeness (QED) is 0.770. The fraction of sp³-hybridized carbons (Fsp3) is 0.385. The predicted molar refractivity (Wildman–Crippen MR) is 66.4 cm³/mol. The maximum atomic E-state index is 11.5. The van der Waals surface area contributed by atoms with Gasteiger partial charge < -0.3 is 4.74 Å². The van der Waals surface area contributed by atoms with Crippen molar-refractivity contribution < 1.29 is 14.3 Å². The minimum Gasteiger partial charge on any atom is -0.461 e. The molecule has 0 amide bonds. The summed E-state index contributed by atoms with van der Waals surface area (Å²) in [5.41, 5.74) is 0.966. The van der Waals surface area contributed by atoms with E-state index in [2.05, 4.69) is 0 Å². The van der Waals surface area contributed by atoms with E-state index in [1.165, 1.54) is 11.8 Å². The second-order valence-electron chi connectivity index (χ2n) is 4.00. The highest BCUT2D eigenvalue weighted by atomic mass is 32.2. The molecule has 1 heterocycles. The molecule has 17 heavy (non-hydrogen) atoms. The van der Waals surface area contributed by atoms with E-state index in [1.807, 2.05) is 30.3 Å². The van der Waals surface area contributed by atoms with Crippen molar-refractivity contribution in [2.24, 2.45) is 5.92 Å². The number of esters is 1. The van der Waals surface area contributed by atoms with Crippen LogP contribution in [0.4, 0.5) is 0 Å². The lowest BCUT2D eigenvalue weighted by atomic mass is 10.1. The van der Waals surface area contributed by atoms with Crippen molar-refractivity contribution in [3.8, 4) is 0 Å². The van der Waals surface area contributed by atoms with Gasteiger partial charge in [0, 0.05) is 11.7 Å². The van der Waals surface area contributed by atoms with Gasteiger partial charge in [0.15, 0.2) is 5.12 Å². The summed E-state index contributed by atoms with van der Waals surface area (Å²) in [4.78, 5) is 22.9. The minimum absolute atomic E-state index is 0.127. The SMILES string of the molecule is O=C(CC1CCSC1=O)OCc1ccccc1. The van der Waals surface area contributed by atoms with Gasteiger partial charge in [0.1, 0.15) is 6.61 Å². The van der Waals surface area contributed by atoms with Crippen molar-refractivity contribution in [3.05, 3.63) is 35.9 Å². The van der Waals surface area contributed by atoms with E-state index in [4.69, 9.17) is 4.74 Å². The fourth-order valence-corrected chi connectivity index (χ4v) is 2.76. The number of benzene rings is 1. The summed E-state index contributed by atoms with van der Waals surface area (Å²) in [6.45, 7) is 0.285. The molecule has 0 N–H and O–H groups in total. The Kier molecular flexibility index (Phi) is 4.20. The zero-order valence-corrected chi connectivity index (χ0v) is 10.2. The second-order valence-corrected chi connectivity index (χ2v) is 5.10. The van der Waals surface area contributed by atoms with Crippen LogP contribution in [0, 0.1) is 5.92 Å². The molecule has 1 saturated heterocycles. The average Bonchev–Trinajstić information content (AvgIpc) is 2.74. The zero-order valence-electron chi connectivity index (χ0n) is 9.43. The van der Waals surface area contributed by atoms with Gasteiger partial charge in [-0.25, -0.2) is 0 Å². The number of carbonyl (C=O) groups is 2. The monoisotopic (exact) mass is 250 g/mol. The molecule has 0 aromatic heterocycles. The Morgan fingerprint density at radius 2 is 2.12 bits per heavy atom. The summed E-state index contributed by atoms with van der Waals surface area (Å²) in [5.74, 6) is 0.410. The highest BCUT2D eigenvalue weighted by molar-refractivity contribution is 8.14. The van der Waals surface area contributed by atoms with E-state index in [1.54, 1.807) is 0 Å². The Labute approximate surface area is 105 Å². The van der Waals surface area contributed by atoms with E-state index in [0.717, 1.165) is 17.7 Å². The van der Waals surface area contributed by atoms with Crippen molar-refractivity contribution in [1.29, 1.82) is 0 Å². The van der Waals surface area contributed by atoms with E-state index in [-0.39, 0.29) is 30.0 Å². The molecule has 1 atom stereocenters. The first kappa shape index (κ1) is 12.2. The molecule has 4 heteroatoms. The van der Waals surface area contributed by atoms with Crippen molar-refractivity contribution in [2.75, 3.05) is 5.75 Å². The molecule has 3 nitrogen and oxygen atoms in total. The van der Waals surface area contributed by atoms with Crippen LogP contribution in [0.15, 0.2) is 30.3 Å². The summed E-state index contributed by atoms with van der Waals surface area (Å²) in [6, 6.07) is 9.54. The molecule has 2 rings (SSSR count). The molecule has 0 radical (unpaired) electrons. The summed E-state index contributed by atoms with van der Waals surface area (Å²) in [6.07, 6.45) is 1.02. The molecule has 1 unspecified atom stereocenters. The Morgan fingerprint density at radius 3 is 2.76 bits per heavy atom. The molecular weight excluding hydrogens is 236 g/mol. The molecule has 0 bridgehead atoms. The van der Waals surface area contributed by atoms with Gasteiger partial charge in [0.2, 0.25) is 0 Å². The lowest BCUT2D eigenvalue weighted by Gasteiger charge is -2.07. The maximum absolute atomic E-state index is 11.5. The molecule has 0 spiro atoms. The number of carbonyl (C=O) groups excluding carboxylic acids is 2. The van der Waals surface area contributed by atoms with Gasteiger partial charge in [-0.05, 0) is 12.0 Å². The molecule has 1 aromatic rings. The highest BCUT2D eigenvalue weighted by Crippen LogP contribution is 2.28. The summed E-state index contributed by atoms with van der Waals surface area (Å²) < 4.78 is 5.14. The average molecular weight is 250 g/mol. The maximum Gasteiger partial charge on any atom is 0.306 e. The molecular formula is C13H14O3S. The molecule has 0 aliphatic carbocycles. The summed E-state index contributed by atoms with van der Waals surface area (Å²) >= 11 is 1.32. The van der Waals surface area contributed by atoms with E-state index in [9.17, 15) is 9.59 Å². The zero-order chi connectivity index (χ0) is 12.1. The van der Waals surface area contributed by atoms with Crippen LogP contribution < -0.4 is 0 Å². The Morgan fingerprint density at radius 1 is 1.35 bits per heavy atom. The Bertz CT molecular complexity index is 402. The van der Waals surface area contributed by atoms with E-state index < -0.39 is 0 Å². The third-order valence-electron chi connectivity index (χ3n) is 2.70. The first-order valence-corrected chi connectivity index (χ1v) is 6.60. The van der Waals surface area contributed by atoms with E-state index in [0.29, 0.717) is 0 Å².